The number of aromatic nitrogens is 1. The van der Waals surface area contributed by atoms with Crippen LogP contribution in [-0.4, -0.2) is 35.9 Å². The van der Waals surface area contributed by atoms with Crippen LogP contribution in [0.4, 0.5) is 0 Å². The summed E-state index contributed by atoms with van der Waals surface area (Å²) in [6.45, 7) is 4.16. The van der Waals surface area contributed by atoms with Crippen LogP contribution in [0.2, 0.25) is 0 Å². The second kappa shape index (κ2) is 9.56. The standard InChI is InChI=1S/C16H22N4O2S.ClH/c1-10(2)15(17)16(22)19-9-13(21)18-8-7-14-20-11-5-3-4-6-12(11)23-14;/h3-6,10,15H,7-9,17H2,1-2H3,(H,18,21)(H,19,22);1H/t15-;/m0./s1. The second-order valence-electron chi connectivity index (χ2n) is 5.66. The summed E-state index contributed by atoms with van der Waals surface area (Å²) in [7, 11) is 0. The summed E-state index contributed by atoms with van der Waals surface area (Å²) in [5.74, 6) is -0.492. The molecule has 0 unspecified atom stereocenters. The normalized spacial score (nSPS) is 11.8. The number of thiazole rings is 1. The van der Waals surface area contributed by atoms with Crippen molar-refractivity contribution in [2.24, 2.45) is 11.7 Å². The summed E-state index contributed by atoms with van der Waals surface area (Å²) in [6.07, 6.45) is 0.671. The number of nitrogens with one attached hydrogen (secondary N) is 2. The van der Waals surface area contributed by atoms with E-state index in [4.69, 9.17) is 5.73 Å². The number of para-hydroxylation sites is 1. The number of carbonyl (C=O) groups is 2. The maximum Gasteiger partial charge on any atom is 0.239 e. The van der Waals surface area contributed by atoms with Crippen LogP contribution in [-0.2, 0) is 16.0 Å². The quantitative estimate of drug-likeness (QED) is 0.687. The van der Waals surface area contributed by atoms with Gasteiger partial charge in [0.25, 0.3) is 0 Å². The third-order valence-electron chi connectivity index (χ3n) is 3.44. The van der Waals surface area contributed by atoms with Gasteiger partial charge in [-0.1, -0.05) is 26.0 Å². The van der Waals surface area contributed by atoms with Gasteiger partial charge in [-0.05, 0) is 18.1 Å². The Labute approximate surface area is 151 Å². The topological polar surface area (TPSA) is 97.1 Å². The van der Waals surface area contributed by atoms with E-state index in [-0.39, 0.29) is 36.7 Å². The van der Waals surface area contributed by atoms with E-state index in [0.717, 1.165) is 15.2 Å². The summed E-state index contributed by atoms with van der Waals surface area (Å²) in [5, 5.41) is 6.30. The number of nitrogens with zero attached hydrogens (tertiary/aromatic N) is 1. The van der Waals surface area contributed by atoms with Gasteiger partial charge in [0.1, 0.15) is 0 Å². The van der Waals surface area contributed by atoms with Crippen molar-refractivity contribution in [2.75, 3.05) is 13.1 Å². The Balaban J connectivity index is 0.00000288. The lowest BCUT2D eigenvalue weighted by atomic mass is 10.1. The molecule has 8 heteroatoms. The minimum atomic E-state index is -0.592. The van der Waals surface area contributed by atoms with Crippen LogP contribution < -0.4 is 16.4 Å². The van der Waals surface area contributed by atoms with Gasteiger partial charge in [-0.2, -0.15) is 0 Å². The first-order valence-electron chi connectivity index (χ1n) is 7.62. The van der Waals surface area contributed by atoms with Crippen LogP contribution in [0.3, 0.4) is 0 Å². The predicted molar refractivity (Wildman–Crippen MR) is 99.4 cm³/mol. The van der Waals surface area contributed by atoms with Gasteiger partial charge in [-0.25, -0.2) is 4.98 Å². The first-order chi connectivity index (χ1) is 11.0. The molecule has 24 heavy (non-hydrogen) atoms. The van der Waals surface area contributed by atoms with Crippen molar-refractivity contribution in [3.63, 3.8) is 0 Å². The molecule has 0 aliphatic heterocycles. The summed E-state index contributed by atoms with van der Waals surface area (Å²) in [5.41, 5.74) is 6.69. The molecule has 0 aliphatic rings. The van der Waals surface area contributed by atoms with Crippen LogP contribution in [0.1, 0.15) is 18.9 Å². The van der Waals surface area contributed by atoms with Gasteiger partial charge in [0.2, 0.25) is 11.8 Å². The number of amides is 2. The molecule has 0 fully saturated rings. The van der Waals surface area contributed by atoms with E-state index >= 15 is 0 Å². The van der Waals surface area contributed by atoms with Crippen molar-refractivity contribution in [3.8, 4) is 0 Å². The highest BCUT2D eigenvalue weighted by Gasteiger charge is 2.17. The molecule has 1 heterocycles. The third kappa shape index (κ3) is 5.74. The molecular formula is C16H23ClN4O2S. The number of fused-ring (bicyclic) bond motifs is 1. The predicted octanol–water partition coefficient (Wildman–Crippen LogP) is 1.48. The van der Waals surface area contributed by atoms with E-state index in [1.165, 1.54) is 0 Å². The van der Waals surface area contributed by atoms with Gasteiger partial charge in [0.15, 0.2) is 0 Å². The molecule has 1 aromatic carbocycles. The number of nitrogens with two attached hydrogens (primary N) is 1. The summed E-state index contributed by atoms with van der Waals surface area (Å²) < 4.78 is 1.14. The lowest BCUT2D eigenvalue weighted by Gasteiger charge is -2.15. The molecule has 1 aromatic heterocycles. The van der Waals surface area contributed by atoms with Crippen molar-refractivity contribution >= 4 is 45.8 Å². The maximum atomic E-state index is 11.7. The fourth-order valence-corrected chi connectivity index (χ4v) is 2.95. The fraction of sp³-hybridized carbons (Fsp3) is 0.438. The largest absolute Gasteiger partial charge is 0.354 e. The molecule has 0 radical (unpaired) electrons. The second-order valence-corrected chi connectivity index (χ2v) is 6.78. The number of rotatable bonds is 7. The van der Waals surface area contributed by atoms with E-state index in [1.54, 1.807) is 11.3 Å². The Morgan fingerprint density at radius 1 is 1.25 bits per heavy atom. The minimum absolute atomic E-state index is 0. The highest BCUT2D eigenvalue weighted by molar-refractivity contribution is 7.18. The van der Waals surface area contributed by atoms with Gasteiger partial charge < -0.3 is 16.4 Å². The zero-order chi connectivity index (χ0) is 16.8. The number of halogens is 1. The number of hydrogen-bond donors (Lipinski definition) is 3. The average molecular weight is 371 g/mol. The van der Waals surface area contributed by atoms with Crippen molar-refractivity contribution in [1.82, 2.24) is 15.6 Å². The van der Waals surface area contributed by atoms with E-state index in [9.17, 15) is 9.59 Å². The number of hydrogen-bond acceptors (Lipinski definition) is 5. The highest BCUT2D eigenvalue weighted by Crippen LogP contribution is 2.21. The minimum Gasteiger partial charge on any atom is -0.354 e. The van der Waals surface area contributed by atoms with Crippen LogP contribution >= 0.6 is 23.7 Å². The van der Waals surface area contributed by atoms with Gasteiger partial charge >= 0.3 is 0 Å². The van der Waals surface area contributed by atoms with Crippen LogP contribution in [0.25, 0.3) is 10.2 Å². The summed E-state index contributed by atoms with van der Waals surface area (Å²) >= 11 is 1.63. The van der Waals surface area contributed by atoms with E-state index in [2.05, 4.69) is 15.6 Å². The molecular weight excluding hydrogens is 348 g/mol. The third-order valence-corrected chi connectivity index (χ3v) is 4.54. The molecule has 132 valence electrons. The lowest BCUT2D eigenvalue weighted by Crippen LogP contribution is -2.47. The molecule has 1 atom stereocenters. The van der Waals surface area contributed by atoms with Gasteiger partial charge in [-0.15, -0.1) is 23.7 Å². The highest BCUT2D eigenvalue weighted by atomic mass is 35.5. The maximum absolute atomic E-state index is 11.7. The zero-order valence-electron chi connectivity index (χ0n) is 13.7. The SMILES string of the molecule is CC(C)[C@H](N)C(=O)NCC(=O)NCCc1nc2ccccc2s1.Cl. The molecule has 2 rings (SSSR count). The van der Waals surface area contributed by atoms with E-state index in [1.807, 2.05) is 38.1 Å². The van der Waals surface area contributed by atoms with Crippen molar-refractivity contribution in [1.29, 1.82) is 0 Å². The Morgan fingerprint density at radius 3 is 2.62 bits per heavy atom. The smallest absolute Gasteiger partial charge is 0.239 e. The molecule has 0 saturated carbocycles. The van der Waals surface area contributed by atoms with Crippen molar-refractivity contribution in [2.45, 2.75) is 26.3 Å². The van der Waals surface area contributed by atoms with Crippen LogP contribution in [0, 0.1) is 5.92 Å². The average Bonchev–Trinajstić information content (AvgIpc) is 2.94. The monoisotopic (exact) mass is 370 g/mol. The summed E-state index contributed by atoms with van der Waals surface area (Å²) in [4.78, 5) is 27.9. The zero-order valence-corrected chi connectivity index (χ0v) is 15.4. The first kappa shape index (κ1) is 20.3. The number of carbonyl (C=O) groups excluding carboxylic acids is 2. The van der Waals surface area contributed by atoms with Crippen LogP contribution in [0.5, 0.6) is 0 Å². The van der Waals surface area contributed by atoms with Gasteiger partial charge in [0, 0.05) is 13.0 Å². The molecule has 0 spiro atoms. The van der Waals surface area contributed by atoms with Crippen molar-refractivity contribution < 1.29 is 9.59 Å². The van der Waals surface area contributed by atoms with Crippen molar-refractivity contribution in [3.05, 3.63) is 29.3 Å². The summed E-state index contributed by atoms with van der Waals surface area (Å²) in [6, 6.07) is 7.35. The Hall–Kier alpha value is -1.70. The van der Waals surface area contributed by atoms with Gasteiger partial charge in [0.05, 0.1) is 27.8 Å². The Kier molecular flexibility index (Phi) is 8.10. The number of benzene rings is 1. The van der Waals surface area contributed by atoms with E-state index in [0.29, 0.717) is 13.0 Å². The van der Waals surface area contributed by atoms with E-state index < -0.39 is 6.04 Å². The molecule has 0 aliphatic carbocycles. The molecule has 0 bridgehead atoms. The molecule has 2 amide bonds. The molecule has 0 saturated heterocycles. The molecule has 4 N–H and O–H groups in total. The first-order valence-corrected chi connectivity index (χ1v) is 8.43. The molecule has 6 nitrogen and oxygen atoms in total. The van der Waals surface area contributed by atoms with Crippen LogP contribution in [0.15, 0.2) is 24.3 Å². The lowest BCUT2D eigenvalue weighted by molar-refractivity contribution is -0.127. The molecule has 2 aromatic rings. The Bertz CT molecular complexity index is 657. The fourth-order valence-electron chi connectivity index (χ4n) is 1.99. The Morgan fingerprint density at radius 2 is 1.96 bits per heavy atom. The van der Waals surface area contributed by atoms with Gasteiger partial charge in [-0.3, -0.25) is 9.59 Å².